The third-order valence-corrected chi connectivity index (χ3v) is 4.44. The van der Waals surface area contributed by atoms with Crippen molar-refractivity contribution in [1.82, 2.24) is 29.8 Å². The highest BCUT2D eigenvalue weighted by atomic mass is 16.2. The molecule has 3 aromatic rings. The number of aryl methyl sites for hydroxylation is 1. The summed E-state index contributed by atoms with van der Waals surface area (Å²) in [5, 5.41) is 3.15. The Bertz CT molecular complexity index is 933. The van der Waals surface area contributed by atoms with E-state index in [-0.39, 0.29) is 11.9 Å². The molecule has 27 heavy (non-hydrogen) atoms. The van der Waals surface area contributed by atoms with E-state index in [4.69, 9.17) is 0 Å². The van der Waals surface area contributed by atoms with E-state index in [0.29, 0.717) is 29.6 Å². The Morgan fingerprint density at radius 3 is 2.81 bits per heavy atom. The van der Waals surface area contributed by atoms with E-state index in [2.05, 4.69) is 30.2 Å². The quantitative estimate of drug-likeness (QED) is 0.763. The Morgan fingerprint density at radius 1 is 1.15 bits per heavy atom. The number of amides is 1. The summed E-state index contributed by atoms with van der Waals surface area (Å²) in [6, 6.07) is 5.36. The molecule has 1 aliphatic heterocycles. The first-order valence-electron chi connectivity index (χ1n) is 8.80. The van der Waals surface area contributed by atoms with Crippen LogP contribution in [0.15, 0.2) is 49.2 Å². The highest BCUT2D eigenvalue weighted by Crippen LogP contribution is 2.33. The minimum atomic E-state index is -0.0817. The number of carbonyl (C=O) groups excluding carboxylic acids is 1. The van der Waals surface area contributed by atoms with Crippen LogP contribution in [-0.4, -0.2) is 42.3 Å². The normalized spacial score (nSPS) is 16.3. The molecule has 3 aromatic heterocycles. The van der Waals surface area contributed by atoms with Gasteiger partial charge >= 0.3 is 0 Å². The third kappa shape index (κ3) is 3.74. The number of hydrogen-bond donors (Lipinski definition) is 1. The minimum absolute atomic E-state index is 0.0229. The topological polar surface area (TPSA) is 96.8 Å². The first kappa shape index (κ1) is 17.0. The van der Waals surface area contributed by atoms with Crippen LogP contribution in [-0.2, 0) is 0 Å². The molecule has 4 heterocycles. The Kier molecular flexibility index (Phi) is 4.69. The van der Waals surface area contributed by atoms with Gasteiger partial charge in [0.2, 0.25) is 0 Å². The zero-order valence-corrected chi connectivity index (χ0v) is 14.9. The number of carbonyl (C=O) groups is 1. The highest BCUT2D eigenvalue weighted by molar-refractivity contribution is 5.94. The maximum absolute atomic E-state index is 12.9. The van der Waals surface area contributed by atoms with Crippen LogP contribution in [0.4, 0.5) is 11.6 Å². The average molecular weight is 361 g/mol. The van der Waals surface area contributed by atoms with Crippen LogP contribution in [0, 0.1) is 6.92 Å². The minimum Gasteiger partial charge on any atom is -0.330 e. The number of likely N-dealkylation sites (tertiary alicyclic amines) is 1. The van der Waals surface area contributed by atoms with Crippen molar-refractivity contribution in [3.05, 3.63) is 66.3 Å². The molecule has 0 radical (unpaired) electrons. The molecular weight excluding hydrogens is 342 g/mol. The average Bonchev–Trinajstić information content (AvgIpc) is 3.18. The van der Waals surface area contributed by atoms with Crippen LogP contribution in [0.2, 0.25) is 0 Å². The summed E-state index contributed by atoms with van der Waals surface area (Å²) in [6.07, 6.45) is 9.93. The van der Waals surface area contributed by atoms with Gasteiger partial charge in [0.1, 0.15) is 17.5 Å². The van der Waals surface area contributed by atoms with E-state index in [1.54, 1.807) is 43.1 Å². The van der Waals surface area contributed by atoms with Gasteiger partial charge < -0.3 is 10.2 Å². The second-order valence-electron chi connectivity index (χ2n) is 6.34. The number of pyridine rings is 1. The smallest absolute Gasteiger partial charge is 0.255 e. The summed E-state index contributed by atoms with van der Waals surface area (Å²) in [5.41, 5.74) is 1.41. The molecule has 8 nitrogen and oxygen atoms in total. The van der Waals surface area contributed by atoms with Gasteiger partial charge in [0, 0.05) is 37.4 Å². The number of anilines is 2. The number of rotatable bonds is 4. The lowest BCUT2D eigenvalue weighted by atomic mass is 10.1. The van der Waals surface area contributed by atoms with Gasteiger partial charge in [-0.3, -0.25) is 14.8 Å². The van der Waals surface area contributed by atoms with Crippen molar-refractivity contribution in [3.63, 3.8) is 0 Å². The van der Waals surface area contributed by atoms with Crippen molar-refractivity contribution in [2.75, 3.05) is 11.9 Å². The lowest BCUT2D eigenvalue weighted by molar-refractivity contribution is 0.0732. The molecule has 1 fully saturated rings. The van der Waals surface area contributed by atoms with Crippen LogP contribution >= 0.6 is 0 Å². The number of nitrogens with one attached hydrogen (secondary N) is 1. The molecule has 0 bridgehead atoms. The molecule has 1 saturated heterocycles. The van der Waals surface area contributed by atoms with Crippen molar-refractivity contribution < 1.29 is 4.79 Å². The van der Waals surface area contributed by atoms with E-state index < -0.39 is 0 Å². The summed E-state index contributed by atoms with van der Waals surface area (Å²) < 4.78 is 0. The summed E-state index contributed by atoms with van der Waals surface area (Å²) in [6.45, 7) is 2.54. The SMILES string of the molecule is Cc1nc(Nc2cnccn2)cc([C@@H]2CCCN2C(=O)c2cccnc2)n1. The van der Waals surface area contributed by atoms with E-state index in [9.17, 15) is 4.79 Å². The second kappa shape index (κ2) is 7.45. The van der Waals surface area contributed by atoms with Crippen LogP contribution in [0.5, 0.6) is 0 Å². The fourth-order valence-electron chi connectivity index (χ4n) is 3.29. The molecule has 136 valence electrons. The first-order chi connectivity index (χ1) is 13.2. The number of hydrogen-bond acceptors (Lipinski definition) is 7. The molecule has 0 saturated carbocycles. The maximum atomic E-state index is 12.9. The van der Waals surface area contributed by atoms with Crippen LogP contribution in [0.3, 0.4) is 0 Å². The molecular formula is C19H19N7O. The monoisotopic (exact) mass is 361 g/mol. The van der Waals surface area contributed by atoms with Crippen molar-refractivity contribution in [2.24, 2.45) is 0 Å². The van der Waals surface area contributed by atoms with Crippen LogP contribution in [0.25, 0.3) is 0 Å². The largest absolute Gasteiger partial charge is 0.330 e. The predicted molar refractivity (Wildman–Crippen MR) is 99.3 cm³/mol. The molecule has 8 heteroatoms. The third-order valence-electron chi connectivity index (χ3n) is 4.44. The lowest BCUT2D eigenvalue weighted by Crippen LogP contribution is -2.31. The molecule has 1 amide bonds. The summed E-state index contributed by atoms with van der Waals surface area (Å²) in [7, 11) is 0. The molecule has 1 atom stereocenters. The van der Waals surface area contributed by atoms with E-state index in [1.165, 1.54) is 0 Å². The fourth-order valence-corrected chi connectivity index (χ4v) is 3.29. The Balaban J connectivity index is 1.61. The van der Waals surface area contributed by atoms with Gasteiger partial charge in [-0.1, -0.05) is 0 Å². The van der Waals surface area contributed by atoms with E-state index >= 15 is 0 Å². The molecule has 0 unspecified atom stereocenters. The zero-order valence-electron chi connectivity index (χ0n) is 14.9. The number of aromatic nitrogens is 5. The summed E-state index contributed by atoms with van der Waals surface area (Å²) in [5.74, 6) is 1.86. The van der Waals surface area contributed by atoms with Gasteiger partial charge in [-0.2, -0.15) is 0 Å². The standard InChI is InChI=1S/C19H19N7O/c1-13-23-15(10-17(24-13)25-18-12-21-7-8-22-18)16-5-3-9-26(16)19(27)14-4-2-6-20-11-14/h2,4,6-8,10-12,16H,3,5,9H2,1H3,(H,22,23,24,25)/t16-/m0/s1. The van der Waals surface area contributed by atoms with Gasteiger partial charge in [0.05, 0.1) is 23.5 Å². The predicted octanol–water partition coefficient (Wildman–Crippen LogP) is 2.69. The summed E-state index contributed by atoms with van der Waals surface area (Å²) >= 11 is 0. The van der Waals surface area contributed by atoms with Crippen molar-refractivity contribution >= 4 is 17.5 Å². The summed E-state index contributed by atoms with van der Waals surface area (Å²) in [4.78, 5) is 36.1. The molecule has 0 aliphatic carbocycles. The van der Waals surface area contributed by atoms with Gasteiger partial charge in [0.15, 0.2) is 0 Å². The van der Waals surface area contributed by atoms with Crippen molar-refractivity contribution in [2.45, 2.75) is 25.8 Å². The highest BCUT2D eigenvalue weighted by Gasteiger charge is 2.32. The Hall–Kier alpha value is -3.42. The molecule has 1 aliphatic rings. The Labute approximate surface area is 156 Å². The second-order valence-corrected chi connectivity index (χ2v) is 6.34. The van der Waals surface area contributed by atoms with E-state index in [1.807, 2.05) is 17.9 Å². The van der Waals surface area contributed by atoms with Gasteiger partial charge in [-0.25, -0.2) is 15.0 Å². The van der Waals surface area contributed by atoms with Crippen molar-refractivity contribution in [1.29, 1.82) is 0 Å². The van der Waals surface area contributed by atoms with Gasteiger partial charge in [-0.05, 0) is 31.9 Å². The molecule has 0 aromatic carbocycles. The van der Waals surface area contributed by atoms with Crippen molar-refractivity contribution in [3.8, 4) is 0 Å². The fraction of sp³-hybridized carbons (Fsp3) is 0.263. The molecule has 1 N–H and O–H groups in total. The lowest BCUT2D eigenvalue weighted by Gasteiger charge is -2.24. The molecule has 4 rings (SSSR count). The number of nitrogens with zero attached hydrogens (tertiary/aromatic N) is 6. The maximum Gasteiger partial charge on any atom is 0.255 e. The van der Waals surface area contributed by atoms with Crippen LogP contribution in [0.1, 0.15) is 40.8 Å². The van der Waals surface area contributed by atoms with Crippen LogP contribution < -0.4 is 5.32 Å². The Morgan fingerprint density at radius 2 is 2.04 bits per heavy atom. The van der Waals surface area contributed by atoms with E-state index in [0.717, 1.165) is 18.5 Å². The van der Waals surface area contributed by atoms with Gasteiger partial charge in [-0.15, -0.1) is 0 Å². The first-order valence-corrected chi connectivity index (χ1v) is 8.80. The zero-order chi connectivity index (χ0) is 18.6. The molecule has 0 spiro atoms. The van der Waals surface area contributed by atoms with Gasteiger partial charge in [0.25, 0.3) is 5.91 Å².